The number of benzene rings is 2. The van der Waals surface area contributed by atoms with E-state index in [0.717, 1.165) is 63.2 Å². The molecule has 1 saturated heterocycles. The molecule has 2 aliphatic heterocycles. The Kier molecular flexibility index (Phi) is 7.22. The van der Waals surface area contributed by atoms with E-state index >= 15 is 0 Å². The van der Waals surface area contributed by atoms with E-state index in [1.165, 1.54) is 11.1 Å². The van der Waals surface area contributed by atoms with Crippen molar-refractivity contribution in [2.45, 2.75) is 32.4 Å². The van der Waals surface area contributed by atoms with Crippen molar-refractivity contribution >= 4 is 29.2 Å². The molecule has 0 bridgehead atoms. The van der Waals surface area contributed by atoms with E-state index < -0.39 is 6.09 Å². The molecule has 0 saturated carbocycles. The molecule has 2 aromatic rings. The Hall–Kier alpha value is -2.41. The molecule has 2 aliphatic rings. The predicted octanol–water partition coefficient (Wildman–Crippen LogP) is 4.48. The van der Waals surface area contributed by atoms with E-state index in [0.29, 0.717) is 11.6 Å². The summed E-state index contributed by atoms with van der Waals surface area (Å²) in [5.41, 5.74) is 4.00. The number of ether oxygens (including phenoxy) is 1. The zero-order valence-electron chi connectivity index (χ0n) is 17.5. The van der Waals surface area contributed by atoms with Crippen molar-refractivity contribution in [1.82, 2.24) is 10.2 Å². The number of carbonyl (C=O) groups is 2. The van der Waals surface area contributed by atoms with Gasteiger partial charge < -0.3 is 15.0 Å². The first kappa shape index (κ1) is 21.8. The third-order valence-electron chi connectivity index (χ3n) is 6.02. The highest BCUT2D eigenvalue weighted by atomic mass is 35.5. The molecule has 164 valence electrons. The van der Waals surface area contributed by atoms with Gasteiger partial charge in [0.1, 0.15) is 0 Å². The molecule has 0 atom stereocenters. The van der Waals surface area contributed by atoms with Gasteiger partial charge in [0.25, 0.3) is 0 Å². The topological polar surface area (TPSA) is 70.7 Å². The number of amides is 1. The van der Waals surface area contributed by atoms with Crippen molar-refractivity contribution in [2.24, 2.45) is 5.92 Å². The molecule has 2 N–H and O–H groups in total. The normalized spacial score (nSPS) is 16.7. The Bertz CT molecular complexity index is 924. The van der Waals surface area contributed by atoms with Crippen molar-refractivity contribution in [2.75, 3.05) is 31.6 Å². The minimum Gasteiger partial charge on any atom is -0.449 e. The van der Waals surface area contributed by atoms with E-state index in [4.69, 9.17) is 16.3 Å². The fourth-order valence-electron chi connectivity index (χ4n) is 4.25. The summed E-state index contributed by atoms with van der Waals surface area (Å²) in [5.74, 6) is 0.278. The van der Waals surface area contributed by atoms with Crippen LogP contribution in [0.2, 0.25) is 5.02 Å². The lowest BCUT2D eigenvalue weighted by Gasteiger charge is -2.31. The number of rotatable bonds is 7. The van der Waals surface area contributed by atoms with Gasteiger partial charge in [0.2, 0.25) is 0 Å². The number of nitrogens with zero attached hydrogens (tertiary/aromatic N) is 1. The Morgan fingerprint density at radius 1 is 1.06 bits per heavy atom. The summed E-state index contributed by atoms with van der Waals surface area (Å²) in [4.78, 5) is 27.0. The lowest BCUT2D eigenvalue weighted by atomic mass is 9.89. The standard InChI is InChI=1S/C24H28ClN3O3/c25-21-5-2-17(3-6-21)23(29)18-8-11-28(12-9-18)10-1-13-31-24(30)27-22-7-4-19-15-26-16-20(19)14-22/h2-7,14,18,26H,1,8-13,15-16H2,(H,27,30). The molecule has 1 amide bonds. The summed E-state index contributed by atoms with van der Waals surface area (Å²) in [7, 11) is 0. The molecule has 6 nitrogen and oxygen atoms in total. The number of carbonyl (C=O) groups excluding carboxylic acids is 2. The summed E-state index contributed by atoms with van der Waals surface area (Å²) in [6.45, 7) is 4.73. The van der Waals surface area contributed by atoms with E-state index in [9.17, 15) is 9.59 Å². The maximum absolute atomic E-state index is 12.6. The minimum atomic E-state index is -0.418. The number of nitrogens with one attached hydrogen (secondary N) is 2. The lowest BCUT2D eigenvalue weighted by Crippen LogP contribution is -2.37. The minimum absolute atomic E-state index is 0.0713. The molecule has 31 heavy (non-hydrogen) atoms. The Morgan fingerprint density at radius 3 is 2.58 bits per heavy atom. The first-order chi connectivity index (χ1) is 15.1. The molecule has 1 fully saturated rings. The number of fused-ring (bicyclic) bond motifs is 1. The molecule has 2 heterocycles. The van der Waals surface area contributed by atoms with Gasteiger partial charge in [0.05, 0.1) is 6.61 Å². The van der Waals surface area contributed by atoms with Gasteiger partial charge in [-0.3, -0.25) is 10.1 Å². The van der Waals surface area contributed by atoms with Gasteiger partial charge in [-0.25, -0.2) is 4.79 Å². The van der Waals surface area contributed by atoms with Crippen LogP contribution in [-0.2, 0) is 17.8 Å². The monoisotopic (exact) mass is 441 g/mol. The zero-order chi connectivity index (χ0) is 21.6. The molecule has 0 aliphatic carbocycles. The fourth-order valence-corrected chi connectivity index (χ4v) is 4.37. The van der Waals surface area contributed by atoms with Crippen LogP contribution in [0.5, 0.6) is 0 Å². The maximum Gasteiger partial charge on any atom is 0.411 e. The van der Waals surface area contributed by atoms with E-state index in [2.05, 4.69) is 15.5 Å². The molecule has 2 aromatic carbocycles. The average molecular weight is 442 g/mol. The second kappa shape index (κ2) is 10.3. The van der Waals surface area contributed by atoms with E-state index in [1.807, 2.05) is 18.2 Å². The van der Waals surface area contributed by atoms with Crippen LogP contribution in [0.4, 0.5) is 10.5 Å². The number of ketones is 1. The highest BCUT2D eigenvalue weighted by Crippen LogP contribution is 2.23. The average Bonchev–Trinajstić information content (AvgIpc) is 3.25. The van der Waals surface area contributed by atoms with Gasteiger partial charge in [-0.15, -0.1) is 0 Å². The lowest BCUT2D eigenvalue weighted by molar-refractivity contribution is 0.0830. The van der Waals surface area contributed by atoms with Crippen molar-refractivity contribution < 1.29 is 14.3 Å². The largest absolute Gasteiger partial charge is 0.449 e. The first-order valence-electron chi connectivity index (χ1n) is 10.9. The van der Waals surface area contributed by atoms with Crippen LogP contribution < -0.4 is 10.6 Å². The number of hydrogen-bond donors (Lipinski definition) is 2. The van der Waals surface area contributed by atoms with Gasteiger partial charge in [0.15, 0.2) is 5.78 Å². The molecule has 0 spiro atoms. The van der Waals surface area contributed by atoms with Crippen LogP contribution in [0, 0.1) is 5.92 Å². The summed E-state index contributed by atoms with van der Waals surface area (Å²) < 4.78 is 5.33. The van der Waals surface area contributed by atoms with Gasteiger partial charge in [0, 0.05) is 41.8 Å². The SMILES string of the molecule is O=C(Nc1ccc2c(c1)CNC2)OCCCN1CCC(C(=O)c2ccc(Cl)cc2)CC1. The van der Waals surface area contributed by atoms with Crippen LogP contribution in [0.1, 0.15) is 40.7 Å². The van der Waals surface area contributed by atoms with Gasteiger partial charge in [-0.1, -0.05) is 17.7 Å². The number of hydrogen-bond acceptors (Lipinski definition) is 5. The summed E-state index contributed by atoms with van der Waals surface area (Å²) in [6.07, 6.45) is 2.07. The quantitative estimate of drug-likeness (QED) is 0.489. The molecule has 0 aromatic heterocycles. The number of Topliss-reactive ketones (excluding diaryl/α,β-unsaturated/α-hetero) is 1. The second-order valence-electron chi connectivity index (χ2n) is 8.19. The molecule has 0 radical (unpaired) electrons. The summed E-state index contributed by atoms with van der Waals surface area (Å²) in [5, 5.41) is 6.73. The van der Waals surface area contributed by atoms with Crippen LogP contribution in [0.25, 0.3) is 0 Å². The van der Waals surface area contributed by atoms with Gasteiger partial charge in [-0.2, -0.15) is 0 Å². The van der Waals surface area contributed by atoms with E-state index in [1.54, 1.807) is 24.3 Å². The molecular formula is C24H28ClN3O3. The van der Waals surface area contributed by atoms with Crippen molar-refractivity contribution in [1.29, 1.82) is 0 Å². The smallest absolute Gasteiger partial charge is 0.411 e. The fraction of sp³-hybridized carbons (Fsp3) is 0.417. The van der Waals surface area contributed by atoms with Crippen molar-refractivity contribution in [3.63, 3.8) is 0 Å². The van der Waals surface area contributed by atoms with Gasteiger partial charge >= 0.3 is 6.09 Å². The number of anilines is 1. The van der Waals surface area contributed by atoms with Gasteiger partial charge in [-0.05, 0) is 79.9 Å². The Labute approximate surface area is 187 Å². The highest BCUT2D eigenvalue weighted by Gasteiger charge is 2.25. The van der Waals surface area contributed by atoms with E-state index in [-0.39, 0.29) is 11.7 Å². The van der Waals surface area contributed by atoms with Crippen LogP contribution in [-0.4, -0.2) is 43.0 Å². The number of piperidine rings is 1. The summed E-state index contributed by atoms with van der Waals surface area (Å²) >= 11 is 5.91. The second-order valence-corrected chi connectivity index (χ2v) is 8.63. The van der Waals surface area contributed by atoms with Crippen LogP contribution in [0.3, 0.4) is 0 Å². The van der Waals surface area contributed by atoms with Crippen LogP contribution >= 0.6 is 11.6 Å². The third-order valence-corrected chi connectivity index (χ3v) is 6.27. The molecular weight excluding hydrogens is 414 g/mol. The predicted molar refractivity (Wildman–Crippen MR) is 122 cm³/mol. The zero-order valence-corrected chi connectivity index (χ0v) is 18.3. The number of halogens is 1. The summed E-state index contributed by atoms with van der Waals surface area (Å²) in [6, 6.07) is 13.1. The highest BCUT2D eigenvalue weighted by molar-refractivity contribution is 6.30. The first-order valence-corrected chi connectivity index (χ1v) is 11.2. The van der Waals surface area contributed by atoms with Crippen molar-refractivity contribution in [3.05, 3.63) is 64.2 Å². The third kappa shape index (κ3) is 5.85. The van der Waals surface area contributed by atoms with Crippen molar-refractivity contribution in [3.8, 4) is 0 Å². The molecule has 7 heteroatoms. The maximum atomic E-state index is 12.6. The molecule has 4 rings (SSSR count). The Balaban J connectivity index is 1.12. The van der Waals surface area contributed by atoms with Crippen LogP contribution in [0.15, 0.2) is 42.5 Å². The Morgan fingerprint density at radius 2 is 1.81 bits per heavy atom. The molecule has 0 unspecified atom stereocenters. The number of likely N-dealkylation sites (tertiary alicyclic amines) is 1.